The topological polar surface area (TPSA) is 29.5 Å². The van der Waals surface area contributed by atoms with Gasteiger partial charge in [0.25, 0.3) is 0 Å². The first-order valence-corrected chi connectivity index (χ1v) is 4.82. The van der Waals surface area contributed by atoms with Gasteiger partial charge < -0.3 is 9.84 Å². The second kappa shape index (κ2) is 4.36. The predicted molar refractivity (Wildman–Crippen MR) is 52.2 cm³/mol. The first-order valence-electron chi connectivity index (χ1n) is 3.69. The molecule has 0 saturated carbocycles. The number of phenols is 1. The van der Waals surface area contributed by atoms with Crippen molar-refractivity contribution in [3.63, 3.8) is 0 Å². The van der Waals surface area contributed by atoms with Crippen LogP contribution < -0.4 is 4.74 Å². The Hall–Kier alpha value is -0.700. The minimum absolute atomic E-state index is 0.241. The molecular formula is C9H11BrO2. The lowest BCUT2D eigenvalue weighted by atomic mass is 10.1. The molecule has 0 aliphatic rings. The van der Waals surface area contributed by atoms with Gasteiger partial charge in [-0.2, -0.15) is 0 Å². The average molecular weight is 231 g/mol. The highest BCUT2D eigenvalue weighted by Crippen LogP contribution is 2.24. The van der Waals surface area contributed by atoms with E-state index in [-0.39, 0.29) is 5.75 Å². The highest BCUT2D eigenvalue weighted by Gasteiger charge is 2.02. The number of halogens is 1. The van der Waals surface area contributed by atoms with Crippen LogP contribution in [-0.4, -0.2) is 17.5 Å². The van der Waals surface area contributed by atoms with Crippen molar-refractivity contribution in [1.29, 1.82) is 0 Å². The average Bonchev–Trinajstić information content (AvgIpc) is 2.08. The maximum absolute atomic E-state index is 9.15. The molecule has 12 heavy (non-hydrogen) atoms. The van der Waals surface area contributed by atoms with E-state index in [0.717, 1.165) is 23.1 Å². The summed E-state index contributed by atoms with van der Waals surface area (Å²) < 4.78 is 5.10. The third kappa shape index (κ3) is 2.14. The predicted octanol–water partition coefficient (Wildman–Crippen LogP) is 2.34. The minimum Gasteiger partial charge on any atom is -0.508 e. The Bertz CT molecular complexity index is 261. The van der Waals surface area contributed by atoms with Gasteiger partial charge in [0.2, 0.25) is 0 Å². The number of alkyl halides is 1. The number of phenolic OH excluding ortho intramolecular Hbond substituents is 1. The molecule has 0 aliphatic carbocycles. The van der Waals surface area contributed by atoms with Gasteiger partial charge in [-0.15, -0.1) is 0 Å². The van der Waals surface area contributed by atoms with E-state index in [2.05, 4.69) is 15.9 Å². The normalized spacial score (nSPS) is 9.83. The van der Waals surface area contributed by atoms with E-state index in [1.165, 1.54) is 0 Å². The smallest absolute Gasteiger partial charge is 0.125 e. The molecule has 1 rings (SSSR count). The van der Waals surface area contributed by atoms with E-state index in [9.17, 15) is 0 Å². The molecule has 0 heterocycles. The Balaban J connectivity index is 2.94. The molecule has 1 N–H and O–H groups in total. The van der Waals surface area contributed by atoms with Crippen LogP contribution in [0.15, 0.2) is 18.2 Å². The zero-order valence-electron chi connectivity index (χ0n) is 6.88. The first kappa shape index (κ1) is 9.39. The zero-order valence-corrected chi connectivity index (χ0v) is 8.47. The van der Waals surface area contributed by atoms with Crippen LogP contribution >= 0.6 is 15.9 Å². The molecule has 0 amide bonds. The van der Waals surface area contributed by atoms with Gasteiger partial charge in [0.15, 0.2) is 0 Å². The van der Waals surface area contributed by atoms with Crippen LogP contribution in [0, 0.1) is 0 Å². The van der Waals surface area contributed by atoms with Crippen LogP contribution in [0.5, 0.6) is 11.5 Å². The van der Waals surface area contributed by atoms with Gasteiger partial charge in [0, 0.05) is 11.4 Å². The number of aryl methyl sites for hydroxylation is 1. The van der Waals surface area contributed by atoms with Crippen LogP contribution in [0.1, 0.15) is 5.56 Å². The number of ether oxygens (including phenoxy) is 1. The SMILES string of the molecule is COc1cc(O)ccc1CCBr. The molecule has 0 aromatic heterocycles. The molecule has 1 aromatic rings. The number of benzene rings is 1. The fraction of sp³-hybridized carbons (Fsp3) is 0.333. The fourth-order valence-electron chi connectivity index (χ4n) is 1.04. The molecule has 0 atom stereocenters. The zero-order chi connectivity index (χ0) is 8.97. The summed E-state index contributed by atoms with van der Waals surface area (Å²) in [5.41, 5.74) is 1.10. The van der Waals surface area contributed by atoms with E-state index in [4.69, 9.17) is 9.84 Å². The summed E-state index contributed by atoms with van der Waals surface area (Å²) >= 11 is 3.35. The summed E-state index contributed by atoms with van der Waals surface area (Å²) in [7, 11) is 1.60. The Labute approximate surface area is 80.3 Å². The van der Waals surface area contributed by atoms with E-state index in [0.29, 0.717) is 0 Å². The summed E-state index contributed by atoms with van der Waals surface area (Å²) in [6, 6.07) is 5.16. The summed E-state index contributed by atoms with van der Waals surface area (Å²) in [5.74, 6) is 0.986. The maximum atomic E-state index is 9.15. The lowest BCUT2D eigenvalue weighted by Crippen LogP contribution is -1.92. The number of rotatable bonds is 3. The standard InChI is InChI=1S/C9H11BrO2/c1-12-9-6-8(11)3-2-7(9)4-5-10/h2-3,6,11H,4-5H2,1H3. The Morgan fingerprint density at radius 1 is 1.50 bits per heavy atom. The molecule has 66 valence electrons. The van der Waals surface area contributed by atoms with Crippen molar-refractivity contribution in [3.05, 3.63) is 23.8 Å². The highest BCUT2D eigenvalue weighted by molar-refractivity contribution is 9.09. The monoisotopic (exact) mass is 230 g/mol. The Morgan fingerprint density at radius 2 is 2.25 bits per heavy atom. The molecule has 0 spiro atoms. The van der Waals surface area contributed by atoms with Gasteiger partial charge in [-0.05, 0) is 18.1 Å². The summed E-state index contributed by atoms with van der Waals surface area (Å²) in [5, 5.41) is 10.0. The molecular weight excluding hydrogens is 220 g/mol. The number of aromatic hydroxyl groups is 1. The third-order valence-corrected chi connectivity index (χ3v) is 2.03. The third-order valence-electron chi connectivity index (χ3n) is 1.63. The molecule has 0 bridgehead atoms. The van der Waals surface area contributed by atoms with Crippen LogP contribution in [0.2, 0.25) is 0 Å². The van der Waals surface area contributed by atoms with Gasteiger partial charge in [-0.3, -0.25) is 0 Å². The second-order valence-electron chi connectivity index (χ2n) is 2.44. The van der Waals surface area contributed by atoms with Crippen molar-refractivity contribution < 1.29 is 9.84 Å². The van der Waals surface area contributed by atoms with Gasteiger partial charge in [0.05, 0.1) is 7.11 Å². The Kier molecular flexibility index (Phi) is 3.41. The largest absolute Gasteiger partial charge is 0.508 e. The maximum Gasteiger partial charge on any atom is 0.125 e. The molecule has 0 fully saturated rings. The fourth-order valence-corrected chi connectivity index (χ4v) is 1.47. The van der Waals surface area contributed by atoms with Crippen molar-refractivity contribution in [3.8, 4) is 11.5 Å². The van der Waals surface area contributed by atoms with Crippen molar-refractivity contribution in [2.45, 2.75) is 6.42 Å². The van der Waals surface area contributed by atoms with Crippen LogP contribution in [-0.2, 0) is 6.42 Å². The van der Waals surface area contributed by atoms with Crippen LogP contribution in [0.25, 0.3) is 0 Å². The van der Waals surface area contributed by atoms with E-state index in [1.54, 1.807) is 19.2 Å². The Morgan fingerprint density at radius 3 is 2.83 bits per heavy atom. The van der Waals surface area contributed by atoms with Gasteiger partial charge in [0.1, 0.15) is 11.5 Å². The summed E-state index contributed by atoms with van der Waals surface area (Å²) in [4.78, 5) is 0. The molecule has 1 aromatic carbocycles. The van der Waals surface area contributed by atoms with Crippen molar-refractivity contribution in [2.24, 2.45) is 0 Å². The van der Waals surface area contributed by atoms with Gasteiger partial charge >= 0.3 is 0 Å². The molecule has 0 aliphatic heterocycles. The summed E-state index contributed by atoms with van der Waals surface area (Å²) in [6.45, 7) is 0. The van der Waals surface area contributed by atoms with Crippen LogP contribution in [0.4, 0.5) is 0 Å². The first-order chi connectivity index (χ1) is 5.77. The van der Waals surface area contributed by atoms with Crippen molar-refractivity contribution in [1.82, 2.24) is 0 Å². The number of hydrogen-bond donors (Lipinski definition) is 1. The van der Waals surface area contributed by atoms with Crippen LogP contribution in [0.3, 0.4) is 0 Å². The highest BCUT2D eigenvalue weighted by atomic mass is 79.9. The van der Waals surface area contributed by atoms with E-state index >= 15 is 0 Å². The van der Waals surface area contributed by atoms with E-state index in [1.807, 2.05) is 6.07 Å². The summed E-state index contributed by atoms with van der Waals surface area (Å²) in [6.07, 6.45) is 0.906. The number of methoxy groups -OCH3 is 1. The molecule has 2 nitrogen and oxygen atoms in total. The molecule has 0 unspecified atom stereocenters. The molecule has 0 radical (unpaired) electrons. The van der Waals surface area contributed by atoms with Gasteiger partial charge in [-0.25, -0.2) is 0 Å². The minimum atomic E-state index is 0.241. The molecule has 0 saturated heterocycles. The lowest BCUT2D eigenvalue weighted by molar-refractivity contribution is 0.403. The second-order valence-corrected chi connectivity index (χ2v) is 3.23. The quantitative estimate of drug-likeness (QED) is 0.809. The van der Waals surface area contributed by atoms with E-state index < -0.39 is 0 Å². The van der Waals surface area contributed by atoms with Crippen molar-refractivity contribution in [2.75, 3.05) is 12.4 Å². The van der Waals surface area contributed by atoms with Gasteiger partial charge in [-0.1, -0.05) is 22.0 Å². The number of hydrogen-bond acceptors (Lipinski definition) is 2. The van der Waals surface area contributed by atoms with Crippen molar-refractivity contribution >= 4 is 15.9 Å². The lowest BCUT2D eigenvalue weighted by Gasteiger charge is -2.06. The molecule has 3 heteroatoms.